The summed E-state index contributed by atoms with van der Waals surface area (Å²) in [4.78, 5) is 3.17. The molecule has 4 unspecified atom stereocenters. The molecule has 0 spiro atoms. The van der Waals surface area contributed by atoms with Crippen molar-refractivity contribution in [1.82, 2.24) is 0 Å². The van der Waals surface area contributed by atoms with Gasteiger partial charge in [0.2, 0.25) is 0 Å². The number of fused-ring (bicyclic) bond motifs is 9. The van der Waals surface area contributed by atoms with Crippen LogP contribution in [0.1, 0.15) is 28.5 Å². The number of rotatable bonds is 0. The first-order valence-electron chi connectivity index (χ1n) is 9.04. The van der Waals surface area contributed by atoms with Crippen LogP contribution in [-0.4, -0.2) is 7.85 Å². The Morgan fingerprint density at radius 3 is 2.96 bits per heavy atom. The molecule has 1 fully saturated rings. The Morgan fingerprint density at radius 2 is 2.00 bits per heavy atom. The van der Waals surface area contributed by atoms with Gasteiger partial charge in [-0.15, -0.1) is 23.1 Å². The van der Waals surface area contributed by atoms with Crippen molar-refractivity contribution in [2.24, 2.45) is 11.8 Å². The molecule has 0 saturated carbocycles. The van der Waals surface area contributed by atoms with Gasteiger partial charge < -0.3 is 0 Å². The quantitative estimate of drug-likeness (QED) is 0.402. The van der Waals surface area contributed by atoms with Gasteiger partial charge in [0, 0.05) is 20.9 Å². The van der Waals surface area contributed by atoms with E-state index in [-0.39, 0.29) is 0 Å². The van der Waals surface area contributed by atoms with Crippen LogP contribution in [0.3, 0.4) is 0 Å². The molecule has 1 aliphatic heterocycles. The van der Waals surface area contributed by atoms with Crippen molar-refractivity contribution >= 4 is 57.9 Å². The molecule has 4 atom stereocenters. The third-order valence-electron chi connectivity index (χ3n) is 6.01. The van der Waals surface area contributed by atoms with Crippen molar-refractivity contribution in [3.63, 3.8) is 0 Å². The van der Waals surface area contributed by atoms with Crippen molar-refractivity contribution in [3.8, 4) is 0 Å². The molecule has 2 aliphatic carbocycles. The van der Waals surface area contributed by atoms with Crippen LogP contribution in [-0.2, 0) is 0 Å². The minimum atomic E-state index is 0.342. The first-order chi connectivity index (χ1) is 12.3. The molecule has 2 aromatic carbocycles. The van der Waals surface area contributed by atoms with Crippen LogP contribution in [0.5, 0.6) is 0 Å². The van der Waals surface area contributed by atoms with Gasteiger partial charge in [-0.05, 0) is 46.1 Å². The summed E-state index contributed by atoms with van der Waals surface area (Å²) in [7, 11) is 6.26. The van der Waals surface area contributed by atoms with E-state index in [0.29, 0.717) is 22.9 Å². The molecule has 1 aromatic heterocycles. The van der Waals surface area contributed by atoms with Crippen LogP contribution < -0.4 is 0 Å². The van der Waals surface area contributed by atoms with Crippen LogP contribution in [0.2, 0.25) is 5.82 Å². The fraction of sp³-hybridized carbons (Fsp3) is 0.273. The first kappa shape index (κ1) is 14.7. The van der Waals surface area contributed by atoms with E-state index >= 15 is 0 Å². The van der Waals surface area contributed by atoms with E-state index in [0.717, 1.165) is 12.8 Å². The maximum atomic E-state index is 6.26. The molecule has 0 amide bonds. The zero-order valence-electron chi connectivity index (χ0n) is 13.8. The van der Waals surface area contributed by atoms with E-state index in [1.165, 1.54) is 26.4 Å². The number of thioether (sulfide) groups is 1. The summed E-state index contributed by atoms with van der Waals surface area (Å²) in [5.41, 5.74) is 1.47. The standard InChI is InChI=1S/C22H17BS2/c23-13-6-10-18-17(11-13)15-7-8-16-20-14-4-2-1-3-12(14)5-9-19(20)25-22(16)21(15)24-18/h1-5,7-10,13,15,17,21H,6,11H2. The first-order valence-corrected chi connectivity index (χ1v) is 10.7. The molecule has 0 nitrogen and oxygen atoms in total. The molecular formula is C22H17BS2. The largest absolute Gasteiger partial charge is 0.138 e. The van der Waals surface area contributed by atoms with Gasteiger partial charge in [-0.25, -0.2) is 0 Å². The zero-order chi connectivity index (χ0) is 16.5. The highest BCUT2D eigenvalue weighted by atomic mass is 32.2. The monoisotopic (exact) mass is 356 g/mol. The number of hydrogen-bond donors (Lipinski definition) is 0. The van der Waals surface area contributed by atoms with Gasteiger partial charge in [-0.1, -0.05) is 54.4 Å². The summed E-state index contributed by atoms with van der Waals surface area (Å²) >= 11 is 4.12. The van der Waals surface area contributed by atoms with Crippen molar-refractivity contribution in [2.75, 3.05) is 0 Å². The molecule has 120 valence electrons. The van der Waals surface area contributed by atoms with Gasteiger partial charge in [-0.2, -0.15) is 0 Å². The molecule has 2 heterocycles. The van der Waals surface area contributed by atoms with Crippen molar-refractivity contribution in [1.29, 1.82) is 0 Å². The van der Waals surface area contributed by atoms with Gasteiger partial charge in [0.25, 0.3) is 0 Å². The second kappa shape index (κ2) is 5.28. The minimum absolute atomic E-state index is 0.342. The van der Waals surface area contributed by atoms with E-state index in [4.69, 9.17) is 7.85 Å². The summed E-state index contributed by atoms with van der Waals surface area (Å²) in [5, 5.41) is 4.77. The van der Waals surface area contributed by atoms with E-state index in [9.17, 15) is 0 Å². The Bertz CT molecular complexity index is 1070. The highest BCUT2D eigenvalue weighted by molar-refractivity contribution is 8.03. The predicted octanol–water partition coefficient (Wildman–Crippen LogP) is 6.74. The highest BCUT2D eigenvalue weighted by Crippen LogP contribution is 2.63. The Labute approximate surface area is 157 Å². The Balaban J connectivity index is 1.57. The van der Waals surface area contributed by atoms with Gasteiger partial charge in [0.05, 0.1) is 13.1 Å². The Kier molecular flexibility index (Phi) is 3.10. The average molecular weight is 356 g/mol. The smallest absolute Gasteiger partial charge is 0.0704 e. The van der Waals surface area contributed by atoms with Crippen LogP contribution in [0.4, 0.5) is 0 Å². The van der Waals surface area contributed by atoms with Crippen LogP contribution in [0.25, 0.3) is 26.9 Å². The molecule has 3 heteroatoms. The summed E-state index contributed by atoms with van der Waals surface area (Å²) in [5.74, 6) is 1.61. The van der Waals surface area contributed by atoms with Crippen LogP contribution in [0, 0.1) is 11.8 Å². The van der Waals surface area contributed by atoms with Gasteiger partial charge in [-0.3, -0.25) is 0 Å². The topological polar surface area (TPSA) is 0 Å². The molecule has 3 aromatic rings. The van der Waals surface area contributed by atoms with Crippen molar-refractivity contribution in [3.05, 3.63) is 63.9 Å². The second-order valence-corrected chi connectivity index (χ2v) is 9.76. The fourth-order valence-electron chi connectivity index (χ4n) is 4.83. The van der Waals surface area contributed by atoms with Gasteiger partial charge >= 0.3 is 0 Å². The van der Waals surface area contributed by atoms with E-state index in [1.54, 1.807) is 9.78 Å². The lowest BCUT2D eigenvalue weighted by Gasteiger charge is -2.28. The molecule has 2 radical (unpaired) electrons. The van der Waals surface area contributed by atoms with E-state index in [2.05, 4.69) is 66.4 Å². The lowest BCUT2D eigenvalue weighted by atomic mass is 9.69. The third-order valence-corrected chi connectivity index (χ3v) is 8.96. The predicted molar refractivity (Wildman–Crippen MR) is 112 cm³/mol. The van der Waals surface area contributed by atoms with E-state index in [1.807, 2.05) is 11.3 Å². The lowest BCUT2D eigenvalue weighted by Crippen LogP contribution is -2.17. The maximum absolute atomic E-state index is 6.26. The number of hydrogen-bond acceptors (Lipinski definition) is 2. The van der Waals surface area contributed by atoms with Gasteiger partial charge in [0.1, 0.15) is 0 Å². The molecule has 25 heavy (non-hydrogen) atoms. The molecular weight excluding hydrogens is 339 g/mol. The highest BCUT2D eigenvalue weighted by Gasteiger charge is 2.44. The summed E-state index contributed by atoms with van der Waals surface area (Å²) in [6, 6.07) is 13.4. The molecule has 0 N–H and O–H groups in total. The average Bonchev–Trinajstić information content (AvgIpc) is 3.19. The summed E-state index contributed by atoms with van der Waals surface area (Å²) < 4.78 is 1.43. The van der Waals surface area contributed by atoms with Crippen molar-refractivity contribution in [2.45, 2.75) is 23.9 Å². The SMILES string of the molecule is [B]C1CC=C2SC3c4sc5ccc6ccccc6c5c4C=CC3C2C1. The number of thiophene rings is 1. The summed E-state index contributed by atoms with van der Waals surface area (Å²) in [6.07, 6.45) is 9.50. The Hall–Kier alpha value is -1.45. The number of benzene rings is 2. The third kappa shape index (κ3) is 2.03. The minimum Gasteiger partial charge on any atom is -0.138 e. The maximum Gasteiger partial charge on any atom is 0.0704 e. The fourth-order valence-corrected chi connectivity index (χ4v) is 7.96. The molecule has 0 bridgehead atoms. The lowest BCUT2D eigenvalue weighted by molar-refractivity contribution is 0.426. The zero-order valence-corrected chi connectivity index (χ0v) is 15.4. The van der Waals surface area contributed by atoms with E-state index < -0.39 is 0 Å². The van der Waals surface area contributed by atoms with Crippen molar-refractivity contribution < 1.29 is 0 Å². The molecule has 1 saturated heterocycles. The van der Waals surface area contributed by atoms with Crippen LogP contribution in [0.15, 0.2) is 53.5 Å². The summed E-state index contributed by atoms with van der Waals surface area (Å²) in [6.45, 7) is 0. The number of allylic oxidation sites excluding steroid dienone is 3. The van der Waals surface area contributed by atoms with Gasteiger partial charge in [0.15, 0.2) is 0 Å². The van der Waals surface area contributed by atoms with Crippen LogP contribution >= 0.6 is 23.1 Å². The molecule has 3 aliphatic rings. The Morgan fingerprint density at radius 1 is 1.08 bits per heavy atom. The normalized spacial score (nSPS) is 30.2. The molecule has 6 rings (SSSR count). The second-order valence-electron chi connectivity index (χ2n) is 7.46.